The molecule has 0 spiro atoms. The summed E-state index contributed by atoms with van der Waals surface area (Å²) in [4.78, 5) is 23.4. The number of anilines is 1. The van der Waals surface area contributed by atoms with Crippen molar-refractivity contribution in [3.8, 4) is 0 Å². The Morgan fingerprint density at radius 2 is 2.17 bits per heavy atom. The first-order valence-corrected chi connectivity index (χ1v) is 7.45. The monoisotopic (exact) mass is 360 g/mol. The first-order chi connectivity index (χ1) is 8.66. The van der Waals surface area contributed by atoms with Crippen LogP contribution in [0.25, 0.3) is 0 Å². The van der Waals surface area contributed by atoms with E-state index in [9.17, 15) is 4.79 Å². The van der Waals surface area contributed by atoms with Crippen LogP contribution in [0.1, 0.15) is 19.3 Å². The van der Waals surface area contributed by atoms with E-state index in [1.807, 2.05) is 0 Å². The maximum absolute atomic E-state index is 11.7. The number of rotatable bonds is 1. The summed E-state index contributed by atoms with van der Waals surface area (Å²) in [7, 11) is 2.22. The lowest BCUT2D eigenvalue weighted by molar-refractivity contribution is 0.254. The number of nitrogens with zero attached hydrogens (tertiary/aromatic N) is 3. The molecule has 3 rings (SSSR count). The highest BCUT2D eigenvalue weighted by atomic mass is 127. The lowest BCUT2D eigenvalue weighted by Gasteiger charge is -2.26. The highest BCUT2D eigenvalue weighted by Crippen LogP contribution is 2.30. The minimum Gasteiger partial charge on any atom is -0.354 e. The van der Waals surface area contributed by atoms with Gasteiger partial charge in [0.15, 0.2) is 0 Å². The van der Waals surface area contributed by atoms with Crippen LogP contribution in [0.15, 0.2) is 11.1 Å². The van der Waals surface area contributed by atoms with E-state index in [2.05, 4.69) is 49.4 Å². The van der Waals surface area contributed by atoms with Crippen LogP contribution >= 0.6 is 22.6 Å². The van der Waals surface area contributed by atoms with Gasteiger partial charge in [-0.3, -0.25) is 9.69 Å². The predicted molar refractivity (Wildman–Crippen MR) is 79.0 cm³/mol. The van der Waals surface area contributed by atoms with Crippen LogP contribution in [0.2, 0.25) is 0 Å². The molecule has 1 aromatic heterocycles. The van der Waals surface area contributed by atoms with Crippen LogP contribution in [0.5, 0.6) is 0 Å². The fourth-order valence-electron chi connectivity index (χ4n) is 3.10. The van der Waals surface area contributed by atoms with E-state index in [0.29, 0.717) is 15.7 Å². The number of likely N-dealkylation sites (N-methyl/N-ethyl adjacent to an activating group) is 1. The number of fused-ring (bicyclic) bond motifs is 2. The number of hydrogen-bond acceptors (Lipinski definition) is 4. The first-order valence-electron chi connectivity index (χ1n) is 6.37. The van der Waals surface area contributed by atoms with Gasteiger partial charge in [0.05, 0.1) is 6.33 Å². The number of aromatic nitrogens is 2. The first kappa shape index (κ1) is 12.4. The Morgan fingerprint density at radius 1 is 1.39 bits per heavy atom. The third-order valence-electron chi connectivity index (χ3n) is 4.23. The summed E-state index contributed by atoms with van der Waals surface area (Å²) >= 11 is 2.09. The highest BCUT2D eigenvalue weighted by molar-refractivity contribution is 14.1. The number of nitrogens with one attached hydrogen (secondary N) is 1. The number of aromatic amines is 1. The summed E-state index contributed by atoms with van der Waals surface area (Å²) in [6.45, 7) is 1.98. The average Bonchev–Trinajstić information content (AvgIpc) is 2.58. The average molecular weight is 360 g/mol. The standard InChI is InChI=1S/C12H17IN4O/c1-16-8-2-3-9(16)6-17(5-4-8)11-10(13)12(18)15-7-14-11/h7-9H,2-6H2,1H3,(H,14,15,18). The summed E-state index contributed by atoms with van der Waals surface area (Å²) in [5, 5.41) is 0. The minimum atomic E-state index is -0.0386. The van der Waals surface area contributed by atoms with Crippen molar-refractivity contribution in [2.75, 3.05) is 25.0 Å². The molecule has 3 heterocycles. The zero-order chi connectivity index (χ0) is 12.7. The molecular weight excluding hydrogens is 343 g/mol. The smallest absolute Gasteiger partial charge is 0.266 e. The van der Waals surface area contributed by atoms with Gasteiger partial charge in [0.1, 0.15) is 9.39 Å². The second-order valence-corrected chi connectivity index (χ2v) is 6.23. The lowest BCUT2D eigenvalue weighted by Crippen LogP contribution is -2.38. The van der Waals surface area contributed by atoms with Gasteiger partial charge in [-0.05, 0) is 48.9 Å². The Balaban J connectivity index is 1.89. The van der Waals surface area contributed by atoms with Crippen molar-refractivity contribution in [3.63, 3.8) is 0 Å². The molecule has 2 saturated heterocycles. The predicted octanol–water partition coefficient (Wildman–Crippen LogP) is 1.05. The normalized spacial score (nSPS) is 28.4. The zero-order valence-electron chi connectivity index (χ0n) is 10.4. The number of halogens is 1. The summed E-state index contributed by atoms with van der Waals surface area (Å²) in [6, 6.07) is 1.31. The van der Waals surface area contributed by atoms with Crippen LogP contribution in [0, 0.1) is 3.57 Å². The van der Waals surface area contributed by atoms with Crippen LogP contribution < -0.4 is 10.5 Å². The molecule has 0 aliphatic carbocycles. The lowest BCUT2D eigenvalue weighted by atomic mass is 10.1. The van der Waals surface area contributed by atoms with E-state index in [0.717, 1.165) is 25.3 Å². The third kappa shape index (κ3) is 2.05. The molecule has 18 heavy (non-hydrogen) atoms. The van der Waals surface area contributed by atoms with E-state index in [-0.39, 0.29) is 5.56 Å². The maximum Gasteiger partial charge on any atom is 0.266 e. The number of H-pyrrole nitrogens is 1. The molecule has 5 nitrogen and oxygen atoms in total. The van der Waals surface area contributed by atoms with Gasteiger partial charge in [-0.2, -0.15) is 0 Å². The Kier molecular flexibility index (Phi) is 3.31. The molecule has 0 aromatic carbocycles. The molecule has 2 fully saturated rings. The molecule has 2 aliphatic heterocycles. The fraction of sp³-hybridized carbons (Fsp3) is 0.667. The van der Waals surface area contributed by atoms with Crippen LogP contribution in [0.3, 0.4) is 0 Å². The zero-order valence-corrected chi connectivity index (χ0v) is 12.6. The van der Waals surface area contributed by atoms with Crippen molar-refractivity contribution >= 4 is 28.4 Å². The van der Waals surface area contributed by atoms with Gasteiger partial charge in [-0.15, -0.1) is 0 Å². The molecule has 1 aromatic rings. The largest absolute Gasteiger partial charge is 0.354 e. The molecule has 0 amide bonds. The third-order valence-corrected chi connectivity index (χ3v) is 5.20. The molecule has 2 unspecified atom stereocenters. The topological polar surface area (TPSA) is 52.2 Å². The molecule has 0 saturated carbocycles. The molecule has 0 radical (unpaired) electrons. The molecular formula is C12H17IN4O. The highest BCUT2D eigenvalue weighted by Gasteiger charge is 2.35. The van der Waals surface area contributed by atoms with Crippen LogP contribution in [0.4, 0.5) is 5.82 Å². The van der Waals surface area contributed by atoms with E-state index >= 15 is 0 Å². The second kappa shape index (κ2) is 4.80. The van der Waals surface area contributed by atoms with E-state index < -0.39 is 0 Å². The van der Waals surface area contributed by atoms with Gasteiger partial charge in [0.25, 0.3) is 5.56 Å². The van der Waals surface area contributed by atoms with Gasteiger partial charge in [-0.25, -0.2) is 4.98 Å². The molecule has 1 N–H and O–H groups in total. The Morgan fingerprint density at radius 3 is 3.00 bits per heavy atom. The van der Waals surface area contributed by atoms with Crippen molar-refractivity contribution in [1.29, 1.82) is 0 Å². The molecule has 6 heteroatoms. The molecule has 2 bridgehead atoms. The quantitative estimate of drug-likeness (QED) is 0.761. The van der Waals surface area contributed by atoms with E-state index in [1.165, 1.54) is 19.2 Å². The van der Waals surface area contributed by atoms with Crippen LogP contribution in [-0.4, -0.2) is 47.1 Å². The van der Waals surface area contributed by atoms with Gasteiger partial charge < -0.3 is 9.88 Å². The van der Waals surface area contributed by atoms with Crippen LogP contribution in [-0.2, 0) is 0 Å². The van der Waals surface area contributed by atoms with Crippen molar-refractivity contribution in [2.24, 2.45) is 0 Å². The van der Waals surface area contributed by atoms with Gasteiger partial charge in [-0.1, -0.05) is 0 Å². The summed E-state index contributed by atoms with van der Waals surface area (Å²) < 4.78 is 0.704. The van der Waals surface area contributed by atoms with Crippen molar-refractivity contribution in [1.82, 2.24) is 14.9 Å². The van der Waals surface area contributed by atoms with Crippen molar-refractivity contribution < 1.29 is 0 Å². The molecule has 2 atom stereocenters. The fourth-order valence-corrected chi connectivity index (χ4v) is 3.73. The summed E-state index contributed by atoms with van der Waals surface area (Å²) in [6.07, 6.45) is 5.25. The van der Waals surface area contributed by atoms with Crippen molar-refractivity contribution in [2.45, 2.75) is 31.3 Å². The Hall–Kier alpha value is -0.630. The minimum absolute atomic E-state index is 0.0386. The Labute approximate surface area is 120 Å². The van der Waals surface area contributed by atoms with E-state index in [4.69, 9.17) is 0 Å². The SMILES string of the molecule is CN1C2CCC1CN(c1nc[nH]c(=O)c1I)CC2. The van der Waals surface area contributed by atoms with Crippen molar-refractivity contribution in [3.05, 3.63) is 20.3 Å². The maximum atomic E-state index is 11.7. The summed E-state index contributed by atoms with van der Waals surface area (Å²) in [5.41, 5.74) is -0.0386. The van der Waals surface area contributed by atoms with Gasteiger partial charge >= 0.3 is 0 Å². The number of hydrogen-bond donors (Lipinski definition) is 1. The van der Waals surface area contributed by atoms with E-state index in [1.54, 1.807) is 0 Å². The van der Waals surface area contributed by atoms with Gasteiger partial charge in [0.2, 0.25) is 0 Å². The van der Waals surface area contributed by atoms with Gasteiger partial charge in [0, 0.05) is 25.2 Å². The Bertz CT molecular complexity index is 503. The molecule has 98 valence electrons. The second-order valence-electron chi connectivity index (χ2n) is 5.15. The summed E-state index contributed by atoms with van der Waals surface area (Å²) in [5.74, 6) is 0.848. The molecule has 2 aliphatic rings.